The summed E-state index contributed by atoms with van der Waals surface area (Å²) in [7, 11) is 0. The molecule has 1 amide bonds. The van der Waals surface area contributed by atoms with E-state index in [1.165, 1.54) is 0 Å². The van der Waals surface area contributed by atoms with Crippen LogP contribution in [0.2, 0.25) is 0 Å². The van der Waals surface area contributed by atoms with E-state index < -0.39 is 0 Å². The second-order valence-electron chi connectivity index (χ2n) is 6.62. The smallest absolute Gasteiger partial charge is 0.272 e. The van der Waals surface area contributed by atoms with Crippen molar-refractivity contribution in [2.45, 2.75) is 31.6 Å². The first-order valence-corrected chi connectivity index (χ1v) is 8.14. The van der Waals surface area contributed by atoms with Gasteiger partial charge >= 0.3 is 0 Å². The van der Waals surface area contributed by atoms with Gasteiger partial charge in [-0.05, 0) is 56.7 Å². The van der Waals surface area contributed by atoms with E-state index in [4.69, 9.17) is 0 Å². The largest absolute Gasteiger partial charge is 0.337 e. The molecule has 3 aliphatic rings. The highest BCUT2D eigenvalue weighted by Crippen LogP contribution is 2.37. The summed E-state index contributed by atoms with van der Waals surface area (Å²) in [5.74, 6) is 2.93. The average Bonchev–Trinajstić information content (AvgIpc) is 3.31. The van der Waals surface area contributed by atoms with Crippen LogP contribution in [0.4, 0.5) is 0 Å². The number of rotatable bonds is 2. The molecule has 1 N–H and O–H groups in total. The van der Waals surface area contributed by atoms with E-state index in [1.807, 2.05) is 4.90 Å². The monoisotopic (exact) mass is 322 g/mol. The van der Waals surface area contributed by atoms with E-state index in [0.717, 1.165) is 69.5 Å². The van der Waals surface area contributed by atoms with Crippen LogP contribution in [-0.2, 0) is 0 Å². The minimum Gasteiger partial charge on any atom is -0.337 e. The fourth-order valence-corrected chi connectivity index (χ4v) is 3.61. The van der Waals surface area contributed by atoms with Crippen molar-refractivity contribution in [3.05, 3.63) is 23.8 Å². The van der Waals surface area contributed by atoms with Gasteiger partial charge in [0.25, 0.3) is 5.91 Å². The van der Waals surface area contributed by atoms with Crippen molar-refractivity contribution in [2.75, 3.05) is 26.2 Å². The fraction of sp³-hybridized carbons (Fsp3) is 0.688. The maximum Gasteiger partial charge on any atom is 0.272 e. The summed E-state index contributed by atoms with van der Waals surface area (Å²) in [6.45, 7) is 3.97. The lowest BCUT2D eigenvalue weighted by Crippen LogP contribution is -2.33. The molecule has 0 spiro atoms. The van der Waals surface area contributed by atoms with Crippen LogP contribution in [0.25, 0.3) is 0 Å². The highest BCUT2D eigenvalue weighted by Gasteiger charge is 2.32. The standard InChI is InChI=1S/C16H22N4O.ClH/c21-16(14-3-6-18-15(19-14)11-1-2-11)20-7-4-12-9-17-10-13(12)5-8-20;/h3,6,11-13,17H,1-2,4-5,7-10H2;1H/t12-,13+;. The summed E-state index contributed by atoms with van der Waals surface area (Å²) in [6, 6.07) is 1.77. The summed E-state index contributed by atoms with van der Waals surface area (Å²) in [4.78, 5) is 23.5. The van der Waals surface area contributed by atoms with Crippen LogP contribution in [0.5, 0.6) is 0 Å². The molecule has 0 unspecified atom stereocenters. The van der Waals surface area contributed by atoms with Crippen LogP contribution in [0, 0.1) is 11.8 Å². The van der Waals surface area contributed by atoms with Crippen LogP contribution in [-0.4, -0.2) is 47.0 Å². The Hall–Kier alpha value is -1.20. The van der Waals surface area contributed by atoms with E-state index in [1.54, 1.807) is 12.3 Å². The Kier molecular flexibility index (Phi) is 4.64. The lowest BCUT2D eigenvalue weighted by molar-refractivity contribution is 0.0752. The second-order valence-corrected chi connectivity index (χ2v) is 6.62. The average molecular weight is 323 g/mol. The third-order valence-corrected chi connectivity index (χ3v) is 5.14. The summed E-state index contributed by atoms with van der Waals surface area (Å²) >= 11 is 0. The Morgan fingerprint density at radius 1 is 1.14 bits per heavy atom. The zero-order valence-corrected chi connectivity index (χ0v) is 13.5. The van der Waals surface area contributed by atoms with E-state index in [9.17, 15) is 4.79 Å². The quantitative estimate of drug-likeness (QED) is 0.902. The zero-order valence-electron chi connectivity index (χ0n) is 12.7. The molecule has 3 fully saturated rings. The number of hydrogen-bond acceptors (Lipinski definition) is 4. The Bertz CT molecular complexity index is 535. The van der Waals surface area contributed by atoms with Gasteiger partial charge in [0.15, 0.2) is 0 Å². The maximum absolute atomic E-state index is 12.7. The number of amides is 1. The highest BCUT2D eigenvalue weighted by atomic mass is 35.5. The number of fused-ring (bicyclic) bond motifs is 1. The number of halogens is 1. The Morgan fingerprint density at radius 3 is 2.45 bits per heavy atom. The first-order valence-electron chi connectivity index (χ1n) is 8.14. The topological polar surface area (TPSA) is 58.1 Å². The van der Waals surface area contributed by atoms with E-state index in [2.05, 4.69) is 15.3 Å². The summed E-state index contributed by atoms with van der Waals surface area (Å²) in [6.07, 6.45) is 6.30. The van der Waals surface area contributed by atoms with Gasteiger partial charge in [-0.1, -0.05) is 0 Å². The number of likely N-dealkylation sites (tertiary alicyclic amines) is 1. The Morgan fingerprint density at radius 2 is 1.82 bits per heavy atom. The predicted octanol–water partition coefficient (Wildman–Crippen LogP) is 1.85. The molecule has 0 aromatic carbocycles. The Labute approximate surface area is 137 Å². The zero-order chi connectivity index (χ0) is 14.2. The molecule has 1 aromatic heterocycles. The summed E-state index contributed by atoms with van der Waals surface area (Å²) in [5, 5.41) is 3.47. The van der Waals surface area contributed by atoms with Crippen LogP contribution in [0.15, 0.2) is 12.3 Å². The van der Waals surface area contributed by atoms with E-state index in [0.29, 0.717) is 11.6 Å². The molecule has 2 aliphatic heterocycles. The predicted molar refractivity (Wildman–Crippen MR) is 86.2 cm³/mol. The minimum atomic E-state index is 0. The molecular weight excluding hydrogens is 300 g/mol. The van der Waals surface area contributed by atoms with Crippen molar-refractivity contribution >= 4 is 18.3 Å². The first kappa shape index (κ1) is 15.7. The van der Waals surface area contributed by atoms with Crippen LogP contribution in [0.1, 0.15) is 47.9 Å². The lowest BCUT2D eigenvalue weighted by atomic mass is 9.92. The molecule has 4 rings (SSSR count). The molecule has 3 heterocycles. The second kappa shape index (κ2) is 6.50. The first-order chi connectivity index (χ1) is 10.3. The molecular formula is C16H23ClN4O. The number of aromatic nitrogens is 2. The molecule has 5 nitrogen and oxygen atoms in total. The molecule has 2 saturated heterocycles. The minimum absolute atomic E-state index is 0. The molecule has 1 aromatic rings. The van der Waals surface area contributed by atoms with Gasteiger partial charge in [-0.2, -0.15) is 0 Å². The third kappa shape index (κ3) is 3.10. The maximum atomic E-state index is 12.7. The molecule has 1 aliphatic carbocycles. The van der Waals surface area contributed by atoms with Gasteiger partial charge < -0.3 is 10.2 Å². The molecule has 6 heteroatoms. The van der Waals surface area contributed by atoms with Crippen molar-refractivity contribution in [1.29, 1.82) is 0 Å². The fourth-order valence-electron chi connectivity index (χ4n) is 3.61. The van der Waals surface area contributed by atoms with Crippen LogP contribution in [0.3, 0.4) is 0 Å². The van der Waals surface area contributed by atoms with Crippen LogP contribution >= 0.6 is 12.4 Å². The molecule has 0 bridgehead atoms. The van der Waals surface area contributed by atoms with Gasteiger partial charge in [0, 0.05) is 25.2 Å². The SMILES string of the molecule is Cl.O=C(c1ccnc(C2CC2)n1)N1CC[C@@H]2CNC[C@@H]2CC1. The molecule has 0 radical (unpaired) electrons. The van der Waals surface area contributed by atoms with Crippen molar-refractivity contribution < 1.29 is 4.79 Å². The number of nitrogens with one attached hydrogen (secondary N) is 1. The molecule has 1 saturated carbocycles. The van der Waals surface area contributed by atoms with Gasteiger partial charge in [-0.15, -0.1) is 12.4 Å². The van der Waals surface area contributed by atoms with Gasteiger partial charge in [0.1, 0.15) is 11.5 Å². The van der Waals surface area contributed by atoms with Gasteiger partial charge in [0.05, 0.1) is 0 Å². The van der Waals surface area contributed by atoms with Crippen molar-refractivity contribution in [3.8, 4) is 0 Å². The highest BCUT2D eigenvalue weighted by molar-refractivity contribution is 5.92. The summed E-state index contributed by atoms with van der Waals surface area (Å²) < 4.78 is 0. The number of carbonyl (C=O) groups is 1. The van der Waals surface area contributed by atoms with Gasteiger partial charge in [-0.3, -0.25) is 4.79 Å². The number of carbonyl (C=O) groups excluding carboxylic acids is 1. The van der Waals surface area contributed by atoms with Gasteiger partial charge in [0.2, 0.25) is 0 Å². The van der Waals surface area contributed by atoms with Crippen molar-refractivity contribution in [2.24, 2.45) is 11.8 Å². The van der Waals surface area contributed by atoms with E-state index in [-0.39, 0.29) is 18.3 Å². The number of nitrogens with zero attached hydrogens (tertiary/aromatic N) is 3. The van der Waals surface area contributed by atoms with Crippen LogP contribution < -0.4 is 5.32 Å². The van der Waals surface area contributed by atoms with Crippen molar-refractivity contribution in [3.63, 3.8) is 0 Å². The van der Waals surface area contributed by atoms with Crippen molar-refractivity contribution in [1.82, 2.24) is 20.2 Å². The Balaban J connectivity index is 0.00000144. The summed E-state index contributed by atoms with van der Waals surface area (Å²) in [5.41, 5.74) is 0.581. The lowest BCUT2D eigenvalue weighted by Gasteiger charge is -2.20. The van der Waals surface area contributed by atoms with Gasteiger partial charge in [-0.25, -0.2) is 9.97 Å². The number of hydrogen-bond donors (Lipinski definition) is 1. The van der Waals surface area contributed by atoms with E-state index >= 15 is 0 Å². The third-order valence-electron chi connectivity index (χ3n) is 5.14. The molecule has 120 valence electrons. The normalized spacial score (nSPS) is 27.7. The molecule has 22 heavy (non-hydrogen) atoms. The molecule has 2 atom stereocenters.